The van der Waals surface area contributed by atoms with Gasteiger partial charge in [-0.15, -0.1) is 0 Å². The van der Waals surface area contributed by atoms with E-state index in [4.69, 9.17) is 16.3 Å². The predicted octanol–water partition coefficient (Wildman–Crippen LogP) is 4.95. The van der Waals surface area contributed by atoms with Crippen molar-refractivity contribution in [3.8, 4) is 5.88 Å². The number of nitrogens with one attached hydrogen (secondary N) is 2. The lowest BCUT2D eigenvalue weighted by molar-refractivity contribution is 0.208. The Morgan fingerprint density at radius 3 is 2.75 bits per heavy atom. The fraction of sp³-hybridized carbons (Fsp3) is 0.182. The van der Waals surface area contributed by atoms with Crippen molar-refractivity contribution in [1.82, 2.24) is 25.1 Å². The Bertz CT molecular complexity index is 1250. The number of rotatable bonds is 6. The molecule has 1 unspecified atom stereocenters. The number of H-pyrrole nitrogens is 1. The normalized spacial score (nSPS) is 11.9. The first-order valence-electron chi connectivity index (χ1n) is 9.78. The van der Waals surface area contributed by atoms with Crippen molar-refractivity contribution in [3.63, 3.8) is 0 Å². The van der Waals surface area contributed by atoms with Crippen LogP contribution in [0.1, 0.15) is 24.4 Å². The van der Waals surface area contributed by atoms with E-state index < -0.39 is 11.8 Å². The number of ether oxygens (including phenoxy) is 1. The molecule has 0 aliphatic rings. The summed E-state index contributed by atoms with van der Waals surface area (Å²) >= 11 is 5.80. The molecule has 0 aliphatic carbocycles. The van der Waals surface area contributed by atoms with Crippen LogP contribution in [0, 0.1) is 5.82 Å². The fourth-order valence-corrected chi connectivity index (χ4v) is 3.44. The minimum atomic E-state index is -0.677. The Hall–Kier alpha value is -3.72. The second-order valence-corrected chi connectivity index (χ2v) is 7.49. The second kappa shape index (κ2) is 9.19. The van der Waals surface area contributed by atoms with E-state index in [0.717, 1.165) is 16.3 Å². The number of hydrogen-bond donors (Lipinski definition) is 2. The Balaban J connectivity index is 1.57. The number of hydrogen-bond acceptors (Lipinski definition) is 5. The lowest BCUT2D eigenvalue weighted by Crippen LogP contribution is -2.34. The monoisotopic (exact) mass is 454 g/mol. The molecule has 0 fully saturated rings. The summed E-state index contributed by atoms with van der Waals surface area (Å²) in [6.07, 6.45) is 3.15. The smallest absolute Gasteiger partial charge is 0.322 e. The first-order valence-corrected chi connectivity index (χ1v) is 10.2. The summed E-state index contributed by atoms with van der Waals surface area (Å²) in [5.74, 6) is 0.274. The number of carbonyl (C=O) groups is 1. The number of aromatic amines is 1. The standard InChI is InChI=1S/C22H20ClFN6O2/c1-13(30(2)22(31)28-18-9-5-8-17(23)20(18)24)16-10-25-21(15-7-4-3-6-14(15)16)32-11-19-26-12-27-29-19/h3-10,12-13H,11H2,1-2H3,(H,28,31)(H,26,27,29). The summed E-state index contributed by atoms with van der Waals surface area (Å²) in [4.78, 5) is 22.7. The molecule has 4 aromatic rings. The molecule has 2 aromatic heterocycles. The molecule has 4 rings (SSSR count). The molecular weight excluding hydrogens is 435 g/mol. The number of urea groups is 1. The molecule has 0 spiro atoms. The summed E-state index contributed by atoms with van der Waals surface area (Å²) in [6.45, 7) is 2.04. The maximum Gasteiger partial charge on any atom is 0.322 e. The summed E-state index contributed by atoms with van der Waals surface area (Å²) in [5, 5.41) is 10.8. The molecule has 8 nitrogen and oxygen atoms in total. The van der Waals surface area contributed by atoms with E-state index in [2.05, 4.69) is 25.5 Å². The molecule has 164 valence electrons. The highest BCUT2D eigenvalue weighted by atomic mass is 35.5. The van der Waals surface area contributed by atoms with Crippen molar-refractivity contribution in [2.45, 2.75) is 19.6 Å². The average molecular weight is 455 g/mol. The van der Waals surface area contributed by atoms with Crippen LogP contribution in [-0.2, 0) is 6.61 Å². The number of halogens is 2. The summed E-state index contributed by atoms with van der Waals surface area (Å²) in [5.41, 5.74) is 0.829. The zero-order valence-electron chi connectivity index (χ0n) is 17.3. The summed E-state index contributed by atoms with van der Waals surface area (Å²) < 4.78 is 20.0. The SMILES string of the molecule is CC(c1cnc(OCc2nc[nH]n2)c2ccccc12)N(C)C(=O)Nc1cccc(Cl)c1F. The number of anilines is 1. The van der Waals surface area contributed by atoms with Gasteiger partial charge in [0.1, 0.15) is 6.33 Å². The molecule has 2 heterocycles. The molecule has 32 heavy (non-hydrogen) atoms. The largest absolute Gasteiger partial charge is 0.469 e. The number of amides is 2. The predicted molar refractivity (Wildman–Crippen MR) is 119 cm³/mol. The Labute approximate surface area is 188 Å². The van der Waals surface area contributed by atoms with E-state index in [-0.39, 0.29) is 23.4 Å². The van der Waals surface area contributed by atoms with Crippen molar-refractivity contribution >= 4 is 34.1 Å². The van der Waals surface area contributed by atoms with Crippen LogP contribution >= 0.6 is 11.6 Å². The van der Waals surface area contributed by atoms with Gasteiger partial charge in [-0.25, -0.2) is 19.2 Å². The van der Waals surface area contributed by atoms with E-state index in [9.17, 15) is 9.18 Å². The van der Waals surface area contributed by atoms with E-state index in [1.807, 2.05) is 31.2 Å². The summed E-state index contributed by atoms with van der Waals surface area (Å²) in [7, 11) is 1.63. The third kappa shape index (κ3) is 4.33. The van der Waals surface area contributed by atoms with Gasteiger partial charge in [0.25, 0.3) is 0 Å². The number of fused-ring (bicyclic) bond motifs is 1. The van der Waals surface area contributed by atoms with Crippen LogP contribution in [0.4, 0.5) is 14.9 Å². The van der Waals surface area contributed by atoms with Crippen molar-refractivity contribution in [1.29, 1.82) is 0 Å². The molecule has 2 amide bonds. The first kappa shape index (κ1) is 21.5. The highest BCUT2D eigenvalue weighted by molar-refractivity contribution is 6.31. The lowest BCUT2D eigenvalue weighted by Gasteiger charge is -2.26. The molecule has 0 aliphatic heterocycles. The molecule has 0 saturated heterocycles. The van der Waals surface area contributed by atoms with Crippen molar-refractivity contribution in [2.24, 2.45) is 0 Å². The van der Waals surface area contributed by atoms with Crippen molar-refractivity contribution in [3.05, 3.63) is 77.2 Å². The highest BCUT2D eigenvalue weighted by Crippen LogP contribution is 2.32. The van der Waals surface area contributed by atoms with Crippen LogP contribution in [0.15, 0.2) is 55.0 Å². The molecule has 2 N–H and O–H groups in total. The van der Waals surface area contributed by atoms with Crippen molar-refractivity contribution < 1.29 is 13.9 Å². The van der Waals surface area contributed by atoms with Gasteiger partial charge in [0, 0.05) is 24.2 Å². The van der Waals surface area contributed by atoms with Crippen LogP contribution in [-0.4, -0.2) is 38.1 Å². The highest BCUT2D eigenvalue weighted by Gasteiger charge is 2.22. The van der Waals surface area contributed by atoms with E-state index in [1.54, 1.807) is 19.3 Å². The van der Waals surface area contributed by atoms with Gasteiger partial charge in [-0.2, -0.15) is 5.10 Å². The molecule has 0 bridgehead atoms. The van der Waals surface area contributed by atoms with E-state index in [1.165, 1.54) is 23.4 Å². The number of aromatic nitrogens is 4. The molecule has 1 atom stereocenters. The molecule has 0 saturated carbocycles. The number of nitrogens with zero attached hydrogens (tertiary/aromatic N) is 4. The number of benzene rings is 2. The van der Waals surface area contributed by atoms with E-state index >= 15 is 0 Å². The minimum absolute atomic E-state index is 0.0141. The van der Waals surface area contributed by atoms with Crippen LogP contribution in [0.25, 0.3) is 10.8 Å². The van der Waals surface area contributed by atoms with Gasteiger partial charge >= 0.3 is 6.03 Å². The van der Waals surface area contributed by atoms with Gasteiger partial charge in [-0.3, -0.25) is 5.10 Å². The first-order chi connectivity index (χ1) is 15.5. The fourth-order valence-electron chi connectivity index (χ4n) is 3.26. The zero-order chi connectivity index (χ0) is 22.7. The Morgan fingerprint density at radius 2 is 2.00 bits per heavy atom. The van der Waals surface area contributed by atoms with Crippen LogP contribution < -0.4 is 10.1 Å². The Kier molecular flexibility index (Phi) is 6.18. The minimum Gasteiger partial charge on any atom is -0.469 e. The van der Waals surface area contributed by atoms with Gasteiger partial charge < -0.3 is 15.0 Å². The number of pyridine rings is 1. The van der Waals surface area contributed by atoms with Gasteiger partial charge in [-0.1, -0.05) is 35.9 Å². The average Bonchev–Trinajstić information content (AvgIpc) is 3.33. The maximum atomic E-state index is 14.2. The molecule has 10 heteroatoms. The van der Waals surface area contributed by atoms with Gasteiger partial charge in [0.2, 0.25) is 5.88 Å². The molecular formula is C22H20ClFN6O2. The van der Waals surface area contributed by atoms with Crippen LogP contribution in [0.5, 0.6) is 5.88 Å². The second-order valence-electron chi connectivity index (χ2n) is 7.09. The molecule has 2 aromatic carbocycles. The van der Waals surface area contributed by atoms with Crippen molar-refractivity contribution in [2.75, 3.05) is 12.4 Å². The Morgan fingerprint density at radius 1 is 1.22 bits per heavy atom. The lowest BCUT2D eigenvalue weighted by atomic mass is 10.0. The van der Waals surface area contributed by atoms with E-state index in [0.29, 0.717) is 11.7 Å². The quantitative estimate of drug-likeness (QED) is 0.429. The molecule has 0 radical (unpaired) electrons. The van der Waals surface area contributed by atoms with Crippen LogP contribution in [0.3, 0.4) is 0 Å². The third-order valence-corrected chi connectivity index (χ3v) is 5.43. The third-order valence-electron chi connectivity index (χ3n) is 5.14. The number of carbonyl (C=O) groups excluding carboxylic acids is 1. The summed E-state index contributed by atoms with van der Waals surface area (Å²) in [6, 6.07) is 11.2. The van der Waals surface area contributed by atoms with Crippen LogP contribution in [0.2, 0.25) is 5.02 Å². The van der Waals surface area contributed by atoms with Gasteiger partial charge in [0.05, 0.1) is 16.8 Å². The maximum absolute atomic E-state index is 14.2. The van der Waals surface area contributed by atoms with Gasteiger partial charge in [-0.05, 0) is 30.5 Å². The zero-order valence-corrected chi connectivity index (χ0v) is 18.1. The van der Waals surface area contributed by atoms with Gasteiger partial charge in [0.15, 0.2) is 18.2 Å². The topological polar surface area (TPSA) is 96.0 Å².